The third-order valence-corrected chi connectivity index (χ3v) is 2.80. The topological polar surface area (TPSA) is 26.3 Å². The summed E-state index contributed by atoms with van der Waals surface area (Å²) >= 11 is 0. The molecule has 3 rings (SSSR count). The number of hydrogen-bond donors (Lipinski definition) is 0. The molecule has 2 heteroatoms. The Bertz CT molecular complexity index is 422. The molecular weight excluding hydrogens is 176 g/mol. The van der Waals surface area contributed by atoms with E-state index >= 15 is 0 Å². The molecule has 1 unspecified atom stereocenters. The molecule has 0 amide bonds. The van der Waals surface area contributed by atoms with E-state index in [2.05, 4.69) is 0 Å². The maximum atomic E-state index is 11.6. The van der Waals surface area contributed by atoms with E-state index in [4.69, 9.17) is 4.74 Å². The van der Waals surface area contributed by atoms with Crippen molar-refractivity contribution in [1.82, 2.24) is 0 Å². The highest BCUT2D eigenvalue weighted by molar-refractivity contribution is 5.87. The van der Waals surface area contributed by atoms with Gasteiger partial charge in [0.2, 0.25) is 0 Å². The Morgan fingerprint density at radius 2 is 2.29 bits per heavy atom. The van der Waals surface area contributed by atoms with Crippen LogP contribution < -0.4 is 0 Å². The normalized spacial score (nSPS) is 28.4. The molecule has 1 heterocycles. The van der Waals surface area contributed by atoms with Crippen molar-refractivity contribution in [3.8, 4) is 0 Å². The molecule has 0 bridgehead atoms. The molecule has 2 aliphatic carbocycles. The van der Waals surface area contributed by atoms with Crippen LogP contribution in [-0.4, -0.2) is 12.4 Å². The standard InChI is InChI=1S/C12H10O2/c13-11-4-5-14-12-7-9-3-1-2-8(9)6-10(11)12/h1-3,6-7,10H,4-5H2. The number of carbonyl (C=O) groups excluding carboxylic acids is 1. The van der Waals surface area contributed by atoms with E-state index in [1.807, 2.05) is 30.4 Å². The van der Waals surface area contributed by atoms with Crippen LogP contribution >= 0.6 is 0 Å². The van der Waals surface area contributed by atoms with Crippen LogP contribution in [0.5, 0.6) is 0 Å². The number of ether oxygens (including phenoxy) is 1. The Morgan fingerprint density at radius 1 is 1.36 bits per heavy atom. The number of allylic oxidation sites excluding steroid dienone is 7. The van der Waals surface area contributed by atoms with Gasteiger partial charge >= 0.3 is 0 Å². The molecule has 1 saturated heterocycles. The van der Waals surface area contributed by atoms with Gasteiger partial charge in [0.15, 0.2) is 5.78 Å². The van der Waals surface area contributed by atoms with E-state index in [9.17, 15) is 4.79 Å². The fraction of sp³-hybridized carbons (Fsp3) is 0.250. The predicted molar refractivity (Wildman–Crippen MR) is 52.5 cm³/mol. The van der Waals surface area contributed by atoms with Gasteiger partial charge in [0.05, 0.1) is 12.5 Å². The smallest absolute Gasteiger partial charge is 0.150 e. The molecule has 1 fully saturated rings. The summed E-state index contributed by atoms with van der Waals surface area (Å²) in [5.41, 5.74) is 2.31. The highest BCUT2D eigenvalue weighted by Gasteiger charge is 2.30. The first kappa shape index (κ1) is 7.80. The van der Waals surface area contributed by atoms with Crippen LogP contribution in [0.15, 0.2) is 47.3 Å². The van der Waals surface area contributed by atoms with Gasteiger partial charge in [-0.25, -0.2) is 0 Å². The molecule has 14 heavy (non-hydrogen) atoms. The molecule has 0 saturated carbocycles. The number of Topliss-reactive ketones (excluding diaryl/α,β-unsaturated/α-hetero) is 1. The molecule has 70 valence electrons. The lowest BCUT2D eigenvalue weighted by Crippen LogP contribution is -2.26. The van der Waals surface area contributed by atoms with Crippen molar-refractivity contribution in [2.24, 2.45) is 5.92 Å². The van der Waals surface area contributed by atoms with E-state index in [-0.39, 0.29) is 11.7 Å². The zero-order valence-electron chi connectivity index (χ0n) is 7.69. The SMILES string of the molecule is O=C1CCOC2=CC3=CC=CC3=CC12. The Kier molecular flexibility index (Phi) is 1.51. The van der Waals surface area contributed by atoms with Crippen molar-refractivity contribution < 1.29 is 9.53 Å². The summed E-state index contributed by atoms with van der Waals surface area (Å²) in [6, 6.07) is 0. The van der Waals surface area contributed by atoms with Gasteiger partial charge < -0.3 is 4.74 Å². The maximum Gasteiger partial charge on any atom is 0.150 e. The fourth-order valence-corrected chi connectivity index (χ4v) is 2.04. The van der Waals surface area contributed by atoms with Crippen LogP contribution in [0.4, 0.5) is 0 Å². The summed E-state index contributed by atoms with van der Waals surface area (Å²) in [6.07, 6.45) is 10.6. The van der Waals surface area contributed by atoms with Gasteiger partial charge in [0, 0.05) is 6.42 Å². The number of ketones is 1. The third kappa shape index (κ3) is 1.00. The summed E-state index contributed by atoms with van der Waals surface area (Å²) in [6.45, 7) is 0.533. The molecule has 0 spiro atoms. The molecule has 0 aromatic carbocycles. The molecule has 1 atom stereocenters. The quantitative estimate of drug-likeness (QED) is 0.577. The lowest BCUT2D eigenvalue weighted by molar-refractivity contribution is -0.125. The third-order valence-electron chi connectivity index (χ3n) is 2.80. The molecule has 1 aliphatic heterocycles. The average Bonchev–Trinajstić information content (AvgIpc) is 2.62. The van der Waals surface area contributed by atoms with Gasteiger partial charge in [-0.1, -0.05) is 24.3 Å². The number of rotatable bonds is 0. The van der Waals surface area contributed by atoms with Crippen molar-refractivity contribution >= 4 is 5.78 Å². The summed E-state index contributed by atoms with van der Waals surface area (Å²) in [5.74, 6) is 0.966. The maximum absolute atomic E-state index is 11.6. The Hall–Kier alpha value is -1.57. The predicted octanol–water partition coefficient (Wildman–Crippen LogP) is 1.91. The molecule has 0 aromatic heterocycles. The van der Waals surface area contributed by atoms with E-state index in [0.29, 0.717) is 13.0 Å². The van der Waals surface area contributed by atoms with E-state index in [1.54, 1.807) is 0 Å². The van der Waals surface area contributed by atoms with Crippen LogP contribution in [0.1, 0.15) is 6.42 Å². The molecule has 3 aliphatic rings. The van der Waals surface area contributed by atoms with Crippen molar-refractivity contribution in [3.63, 3.8) is 0 Å². The first-order valence-corrected chi connectivity index (χ1v) is 4.82. The minimum absolute atomic E-state index is 0.126. The number of carbonyl (C=O) groups is 1. The second kappa shape index (κ2) is 2.71. The van der Waals surface area contributed by atoms with Gasteiger partial charge in [0.25, 0.3) is 0 Å². The monoisotopic (exact) mass is 186 g/mol. The second-order valence-corrected chi connectivity index (χ2v) is 3.69. The molecule has 0 N–H and O–H groups in total. The lowest BCUT2D eigenvalue weighted by atomic mass is 9.88. The van der Waals surface area contributed by atoms with Crippen molar-refractivity contribution in [1.29, 1.82) is 0 Å². The van der Waals surface area contributed by atoms with Crippen LogP contribution in [0.25, 0.3) is 0 Å². The van der Waals surface area contributed by atoms with Gasteiger partial charge in [0.1, 0.15) is 5.76 Å². The Morgan fingerprint density at radius 3 is 3.21 bits per heavy atom. The first-order chi connectivity index (χ1) is 6.84. The minimum Gasteiger partial charge on any atom is -0.496 e. The van der Waals surface area contributed by atoms with Gasteiger partial charge in [-0.3, -0.25) is 4.79 Å². The zero-order chi connectivity index (χ0) is 9.54. The van der Waals surface area contributed by atoms with Crippen molar-refractivity contribution in [3.05, 3.63) is 47.3 Å². The average molecular weight is 186 g/mol. The molecular formula is C12H10O2. The van der Waals surface area contributed by atoms with Gasteiger partial charge in [-0.05, 0) is 17.2 Å². The number of fused-ring (bicyclic) bond motifs is 2. The summed E-state index contributed by atoms with van der Waals surface area (Å²) < 4.78 is 5.49. The van der Waals surface area contributed by atoms with Gasteiger partial charge in [-0.2, -0.15) is 0 Å². The largest absolute Gasteiger partial charge is 0.496 e. The molecule has 2 nitrogen and oxygen atoms in total. The van der Waals surface area contributed by atoms with Crippen LogP contribution in [-0.2, 0) is 9.53 Å². The molecule has 0 radical (unpaired) electrons. The highest BCUT2D eigenvalue weighted by Crippen LogP contribution is 2.34. The van der Waals surface area contributed by atoms with Crippen LogP contribution in [0.2, 0.25) is 0 Å². The highest BCUT2D eigenvalue weighted by atomic mass is 16.5. The van der Waals surface area contributed by atoms with E-state index < -0.39 is 0 Å². The zero-order valence-corrected chi connectivity index (χ0v) is 7.69. The Balaban J connectivity index is 2.05. The lowest BCUT2D eigenvalue weighted by Gasteiger charge is -2.26. The summed E-state index contributed by atoms with van der Waals surface area (Å²) in [4.78, 5) is 11.6. The first-order valence-electron chi connectivity index (χ1n) is 4.82. The van der Waals surface area contributed by atoms with Crippen molar-refractivity contribution in [2.45, 2.75) is 6.42 Å². The fourth-order valence-electron chi connectivity index (χ4n) is 2.04. The molecule has 0 aromatic rings. The minimum atomic E-state index is -0.126. The van der Waals surface area contributed by atoms with Crippen LogP contribution in [0, 0.1) is 5.92 Å². The summed E-state index contributed by atoms with van der Waals surface area (Å²) in [5, 5.41) is 0. The van der Waals surface area contributed by atoms with Crippen LogP contribution in [0.3, 0.4) is 0 Å². The summed E-state index contributed by atoms with van der Waals surface area (Å²) in [7, 11) is 0. The number of hydrogen-bond acceptors (Lipinski definition) is 2. The Labute approximate surface area is 82.3 Å². The van der Waals surface area contributed by atoms with Gasteiger partial charge in [-0.15, -0.1) is 0 Å². The van der Waals surface area contributed by atoms with E-state index in [1.165, 1.54) is 0 Å². The second-order valence-electron chi connectivity index (χ2n) is 3.69. The van der Waals surface area contributed by atoms with E-state index in [0.717, 1.165) is 16.9 Å². The van der Waals surface area contributed by atoms with Crippen molar-refractivity contribution in [2.75, 3.05) is 6.61 Å².